The first kappa shape index (κ1) is 14.2. The third kappa shape index (κ3) is 2.94. The van der Waals surface area contributed by atoms with Gasteiger partial charge in [0.15, 0.2) is 0 Å². The molecule has 0 aliphatic rings. The number of nitrogens with two attached hydrogens (primary N) is 1. The quantitative estimate of drug-likeness (QED) is 0.754. The lowest BCUT2D eigenvalue weighted by atomic mass is 10.1. The Kier molecular flexibility index (Phi) is 3.80. The van der Waals surface area contributed by atoms with Crippen LogP contribution in [0.1, 0.15) is 0 Å². The highest BCUT2D eigenvalue weighted by molar-refractivity contribution is 6.30. The molecular weight excluding hydrogens is 300 g/mol. The van der Waals surface area contributed by atoms with Gasteiger partial charge in [-0.2, -0.15) is 4.68 Å². The molecule has 3 rings (SSSR count). The summed E-state index contributed by atoms with van der Waals surface area (Å²) in [5, 5.41) is 7.42. The van der Waals surface area contributed by atoms with Gasteiger partial charge in [-0.15, -0.1) is 5.10 Å². The molecule has 6 heteroatoms. The van der Waals surface area contributed by atoms with Gasteiger partial charge in [0.2, 0.25) is 0 Å². The smallest absolute Gasteiger partial charge is 0.347 e. The number of halogens is 1. The first-order chi connectivity index (χ1) is 10.6. The summed E-state index contributed by atoms with van der Waals surface area (Å²) in [7, 11) is 0. The molecule has 0 aliphatic carbocycles. The predicted octanol–water partition coefficient (Wildman–Crippen LogP) is 3.87. The van der Waals surface area contributed by atoms with Crippen molar-refractivity contribution in [2.75, 3.05) is 11.1 Å². The van der Waals surface area contributed by atoms with Crippen LogP contribution >= 0.6 is 11.6 Å². The van der Waals surface area contributed by atoms with Crippen LogP contribution in [0.15, 0.2) is 60.7 Å². The number of nitrogens with one attached hydrogen (secondary N) is 1. The van der Waals surface area contributed by atoms with Crippen molar-refractivity contribution < 1.29 is 4.79 Å². The van der Waals surface area contributed by atoms with Crippen molar-refractivity contribution in [1.29, 1.82) is 0 Å². The summed E-state index contributed by atoms with van der Waals surface area (Å²) in [6.45, 7) is 0. The van der Waals surface area contributed by atoms with E-state index in [-0.39, 0.29) is 5.82 Å². The average molecular weight is 313 g/mol. The van der Waals surface area contributed by atoms with Crippen molar-refractivity contribution in [3.8, 4) is 11.3 Å². The number of rotatable bonds is 2. The topological polar surface area (TPSA) is 72.9 Å². The minimum Gasteiger partial charge on any atom is -0.382 e. The molecule has 110 valence electrons. The molecular formula is C16H13ClN4O. The molecule has 1 amide bonds. The number of anilines is 2. The second-order valence-corrected chi connectivity index (χ2v) is 5.11. The van der Waals surface area contributed by atoms with E-state index in [4.69, 9.17) is 17.3 Å². The van der Waals surface area contributed by atoms with E-state index in [2.05, 4.69) is 10.4 Å². The zero-order valence-electron chi connectivity index (χ0n) is 11.5. The minimum atomic E-state index is -0.391. The van der Waals surface area contributed by atoms with Crippen LogP contribution in [-0.4, -0.2) is 15.8 Å². The summed E-state index contributed by atoms with van der Waals surface area (Å²) in [5.41, 5.74) is 7.85. The summed E-state index contributed by atoms with van der Waals surface area (Å²) < 4.78 is 1.25. The van der Waals surface area contributed by atoms with E-state index in [1.54, 1.807) is 30.3 Å². The van der Waals surface area contributed by atoms with Gasteiger partial charge in [0.25, 0.3) is 0 Å². The Bertz CT molecular complexity index is 797. The van der Waals surface area contributed by atoms with Gasteiger partial charge in [0.05, 0.1) is 5.69 Å². The van der Waals surface area contributed by atoms with Crippen LogP contribution in [0.4, 0.5) is 16.3 Å². The predicted molar refractivity (Wildman–Crippen MR) is 87.9 cm³/mol. The molecule has 22 heavy (non-hydrogen) atoms. The Balaban J connectivity index is 1.91. The summed E-state index contributed by atoms with van der Waals surface area (Å²) in [6, 6.07) is 17.6. The number of nitrogens with zero attached hydrogens (tertiary/aromatic N) is 2. The molecule has 0 spiro atoms. The lowest BCUT2D eigenvalue weighted by Crippen LogP contribution is -2.21. The van der Waals surface area contributed by atoms with Gasteiger partial charge in [-0.1, -0.05) is 41.9 Å². The highest BCUT2D eigenvalue weighted by atomic mass is 35.5. The van der Waals surface area contributed by atoms with E-state index in [0.717, 1.165) is 5.56 Å². The maximum absolute atomic E-state index is 12.4. The molecule has 0 radical (unpaired) electrons. The van der Waals surface area contributed by atoms with E-state index < -0.39 is 6.03 Å². The SMILES string of the molecule is Nc1cc(-c2ccccc2)n(C(=O)Nc2ccc(Cl)cc2)n1. The lowest BCUT2D eigenvalue weighted by molar-refractivity contribution is 0.251. The Morgan fingerprint density at radius 1 is 1.09 bits per heavy atom. The van der Waals surface area contributed by atoms with Crippen molar-refractivity contribution in [3.63, 3.8) is 0 Å². The lowest BCUT2D eigenvalue weighted by Gasteiger charge is -2.08. The summed E-state index contributed by atoms with van der Waals surface area (Å²) in [4.78, 5) is 12.4. The van der Waals surface area contributed by atoms with Gasteiger partial charge in [-0.05, 0) is 24.3 Å². The van der Waals surface area contributed by atoms with E-state index >= 15 is 0 Å². The zero-order chi connectivity index (χ0) is 15.5. The highest BCUT2D eigenvalue weighted by Gasteiger charge is 2.14. The fraction of sp³-hybridized carbons (Fsp3) is 0. The fourth-order valence-corrected chi connectivity index (χ4v) is 2.20. The second-order valence-electron chi connectivity index (χ2n) is 4.67. The van der Waals surface area contributed by atoms with Gasteiger partial charge in [-0.25, -0.2) is 4.79 Å². The summed E-state index contributed by atoms with van der Waals surface area (Å²) in [5.74, 6) is 0.283. The number of benzene rings is 2. The van der Waals surface area contributed by atoms with Crippen LogP contribution in [-0.2, 0) is 0 Å². The zero-order valence-corrected chi connectivity index (χ0v) is 12.3. The van der Waals surface area contributed by atoms with Crippen molar-refractivity contribution in [1.82, 2.24) is 9.78 Å². The minimum absolute atomic E-state index is 0.283. The van der Waals surface area contributed by atoms with Gasteiger partial charge in [-0.3, -0.25) is 0 Å². The van der Waals surface area contributed by atoms with E-state index in [0.29, 0.717) is 16.4 Å². The first-order valence-electron chi connectivity index (χ1n) is 6.61. The van der Waals surface area contributed by atoms with Crippen molar-refractivity contribution in [2.24, 2.45) is 0 Å². The molecule has 2 aromatic carbocycles. The van der Waals surface area contributed by atoms with Crippen LogP contribution in [0.2, 0.25) is 5.02 Å². The monoisotopic (exact) mass is 312 g/mol. The third-order valence-electron chi connectivity index (χ3n) is 3.09. The van der Waals surface area contributed by atoms with Crippen molar-refractivity contribution >= 4 is 29.1 Å². The normalized spacial score (nSPS) is 10.4. The number of hydrogen-bond donors (Lipinski definition) is 2. The molecule has 5 nitrogen and oxygen atoms in total. The molecule has 0 fully saturated rings. The molecule has 3 aromatic rings. The molecule has 3 N–H and O–H groups in total. The van der Waals surface area contributed by atoms with Gasteiger partial charge >= 0.3 is 6.03 Å². The number of aromatic nitrogens is 2. The number of nitrogen functional groups attached to an aromatic ring is 1. The molecule has 0 saturated heterocycles. The maximum Gasteiger partial charge on any atom is 0.347 e. The standard InChI is InChI=1S/C16H13ClN4O/c17-12-6-8-13(9-7-12)19-16(22)21-14(10-15(18)20-21)11-4-2-1-3-5-11/h1-10H,(H2,18,20)(H,19,22). The average Bonchev–Trinajstić information content (AvgIpc) is 2.92. The molecule has 0 atom stereocenters. The Hall–Kier alpha value is -2.79. The van der Waals surface area contributed by atoms with Crippen LogP contribution in [0.5, 0.6) is 0 Å². The second kappa shape index (κ2) is 5.91. The maximum atomic E-state index is 12.4. The number of carbonyl (C=O) groups is 1. The van der Waals surface area contributed by atoms with E-state index in [1.165, 1.54) is 4.68 Å². The van der Waals surface area contributed by atoms with Crippen LogP contribution in [0, 0.1) is 0 Å². The van der Waals surface area contributed by atoms with Crippen molar-refractivity contribution in [2.45, 2.75) is 0 Å². The molecule has 1 heterocycles. The Morgan fingerprint density at radius 2 is 1.77 bits per heavy atom. The third-order valence-corrected chi connectivity index (χ3v) is 3.34. The summed E-state index contributed by atoms with van der Waals surface area (Å²) in [6.07, 6.45) is 0. The Morgan fingerprint density at radius 3 is 2.45 bits per heavy atom. The van der Waals surface area contributed by atoms with Crippen molar-refractivity contribution in [3.05, 3.63) is 65.7 Å². The van der Waals surface area contributed by atoms with Crippen LogP contribution < -0.4 is 11.1 Å². The van der Waals surface area contributed by atoms with Crippen LogP contribution in [0.25, 0.3) is 11.3 Å². The number of hydrogen-bond acceptors (Lipinski definition) is 3. The largest absolute Gasteiger partial charge is 0.382 e. The summed E-state index contributed by atoms with van der Waals surface area (Å²) >= 11 is 5.83. The Labute approximate surface area is 132 Å². The van der Waals surface area contributed by atoms with Gasteiger partial charge < -0.3 is 11.1 Å². The number of carbonyl (C=O) groups excluding carboxylic acids is 1. The fourth-order valence-electron chi connectivity index (χ4n) is 2.08. The van der Waals surface area contributed by atoms with Gasteiger partial charge in [0.1, 0.15) is 5.82 Å². The van der Waals surface area contributed by atoms with E-state index in [9.17, 15) is 4.79 Å². The van der Waals surface area contributed by atoms with E-state index in [1.807, 2.05) is 30.3 Å². The highest BCUT2D eigenvalue weighted by Crippen LogP contribution is 2.22. The molecule has 0 bridgehead atoms. The number of amides is 1. The molecule has 1 aromatic heterocycles. The molecule has 0 aliphatic heterocycles. The molecule has 0 saturated carbocycles. The first-order valence-corrected chi connectivity index (χ1v) is 6.99. The van der Waals surface area contributed by atoms with Crippen LogP contribution in [0.3, 0.4) is 0 Å². The van der Waals surface area contributed by atoms with Gasteiger partial charge in [0, 0.05) is 22.3 Å². The molecule has 0 unspecified atom stereocenters.